The molecule has 1 aliphatic heterocycles. The summed E-state index contributed by atoms with van der Waals surface area (Å²) in [5.41, 5.74) is 1.99. The molecule has 4 aromatic rings. The van der Waals surface area contributed by atoms with Crippen LogP contribution in [0.1, 0.15) is 17.8 Å². The van der Waals surface area contributed by atoms with Gasteiger partial charge in [0.15, 0.2) is 0 Å². The number of imidazole rings is 1. The first-order valence-electron chi connectivity index (χ1n) is 11.3. The van der Waals surface area contributed by atoms with Crippen molar-refractivity contribution in [3.63, 3.8) is 0 Å². The largest absolute Gasteiger partial charge is 0.477 e. The molecular weight excluding hydrogens is 432 g/mol. The lowest BCUT2D eigenvalue weighted by molar-refractivity contribution is 0.201. The van der Waals surface area contributed by atoms with Crippen molar-refractivity contribution in [1.29, 1.82) is 0 Å². The van der Waals surface area contributed by atoms with E-state index in [1.54, 1.807) is 6.20 Å². The molecule has 0 saturated heterocycles. The summed E-state index contributed by atoms with van der Waals surface area (Å²) in [6, 6.07) is 11.6. The molecule has 0 aliphatic carbocycles. The first-order chi connectivity index (χ1) is 16.7. The van der Waals surface area contributed by atoms with Crippen LogP contribution >= 0.6 is 0 Å². The lowest BCUT2D eigenvalue weighted by Gasteiger charge is -2.23. The van der Waals surface area contributed by atoms with Crippen LogP contribution in [0.15, 0.2) is 61.2 Å². The number of nitrogens with one attached hydrogen (secondary N) is 2. The highest BCUT2D eigenvalue weighted by molar-refractivity contribution is 5.90. The van der Waals surface area contributed by atoms with E-state index in [-0.39, 0.29) is 5.88 Å². The fraction of sp³-hybridized carbons (Fsp3) is 0.280. The minimum Gasteiger partial charge on any atom is -0.477 e. The lowest BCUT2D eigenvalue weighted by atomic mass is 9.99. The van der Waals surface area contributed by atoms with Crippen LogP contribution in [0.2, 0.25) is 0 Å². The Kier molecular flexibility index (Phi) is 6.24. The fourth-order valence-electron chi connectivity index (χ4n) is 4.05. The highest BCUT2D eigenvalue weighted by Gasteiger charge is 2.19. The Morgan fingerprint density at radius 1 is 1.15 bits per heavy atom. The molecule has 1 atom stereocenters. The zero-order chi connectivity index (χ0) is 23.3. The van der Waals surface area contributed by atoms with E-state index in [4.69, 9.17) is 9.47 Å². The van der Waals surface area contributed by atoms with Gasteiger partial charge in [-0.2, -0.15) is 0 Å². The summed E-state index contributed by atoms with van der Waals surface area (Å²) in [6.45, 7) is 2.26. The van der Waals surface area contributed by atoms with Gasteiger partial charge in [-0.3, -0.25) is 0 Å². The Labute approximate surface area is 197 Å². The van der Waals surface area contributed by atoms with E-state index in [1.807, 2.05) is 55.0 Å². The van der Waals surface area contributed by atoms with E-state index >= 15 is 0 Å². The van der Waals surface area contributed by atoms with Crippen LogP contribution in [0.5, 0.6) is 11.8 Å². The molecule has 3 aromatic heterocycles. The molecule has 0 radical (unpaired) electrons. The molecule has 0 saturated carbocycles. The number of nitrogens with zero attached hydrogens (tertiary/aromatic N) is 4. The van der Waals surface area contributed by atoms with Crippen molar-refractivity contribution in [3.05, 3.63) is 72.6 Å². The SMILES string of the molecule is CNC(=O)Oc1nccc2cc(NCc3ccc(OCC4CCn5ccnc5C4)nc3)ccc12. The standard InChI is InChI=1S/C25H26N6O3/c1-26-25(32)34-24-21-4-3-20(13-19(21)6-8-28-24)29-14-18-2-5-23(30-15-18)33-16-17-7-10-31-11-9-27-22(31)12-17/h2-6,8-9,11,13,15,17,29H,7,10,12,14,16H2,1H3,(H,26,32). The minimum absolute atomic E-state index is 0.279. The molecule has 0 spiro atoms. The van der Waals surface area contributed by atoms with Crippen LogP contribution < -0.4 is 20.1 Å². The Hall–Kier alpha value is -4.14. The molecule has 1 amide bonds. The molecule has 1 unspecified atom stereocenters. The molecule has 1 aliphatic rings. The highest BCUT2D eigenvalue weighted by atomic mass is 16.6. The van der Waals surface area contributed by atoms with Gasteiger partial charge in [-0.1, -0.05) is 6.07 Å². The predicted octanol–water partition coefficient (Wildman–Crippen LogP) is 3.80. The summed E-state index contributed by atoms with van der Waals surface area (Å²) < 4.78 is 13.4. The number of ether oxygens (including phenoxy) is 2. The number of fused-ring (bicyclic) bond motifs is 2. The highest BCUT2D eigenvalue weighted by Crippen LogP contribution is 2.26. The van der Waals surface area contributed by atoms with Gasteiger partial charge in [0.1, 0.15) is 5.82 Å². The van der Waals surface area contributed by atoms with Crippen LogP contribution in [-0.2, 0) is 19.5 Å². The molecule has 174 valence electrons. The van der Waals surface area contributed by atoms with Crippen molar-refractivity contribution < 1.29 is 14.3 Å². The van der Waals surface area contributed by atoms with Gasteiger partial charge < -0.3 is 24.7 Å². The summed E-state index contributed by atoms with van der Waals surface area (Å²) in [4.78, 5) is 24.6. The number of hydrogen-bond acceptors (Lipinski definition) is 7. The first-order valence-corrected chi connectivity index (χ1v) is 11.3. The van der Waals surface area contributed by atoms with Crippen LogP contribution in [0.3, 0.4) is 0 Å². The van der Waals surface area contributed by atoms with Crippen LogP contribution in [-0.4, -0.2) is 39.3 Å². The molecule has 5 rings (SSSR count). The maximum absolute atomic E-state index is 11.5. The third-order valence-corrected chi connectivity index (χ3v) is 5.93. The van der Waals surface area contributed by atoms with Crippen LogP contribution in [0, 0.1) is 5.92 Å². The van der Waals surface area contributed by atoms with E-state index in [0.717, 1.165) is 47.2 Å². The second-order valence-electron chi connectivity index (χ2n) is 8.26. The zero-order valence-electron chi connectivity index (χ0n) is 18.9. The average molecular weight is 459 g/mol. The summed E-state index contributed by atoms with van der Waals surface area (Å²) in [6.07, 6.45) is 8.83. The molecule has 0 fully saturated rings. The van der Waals surface area contributed by atoms with Crippen molar-refractivity contribution in [3.8, 4) is 11.8 Å². The Morgan fingerprint density at radius 2 is 2.09 bits per heavy atom. The second-order valence-corrected chi connectivity index (χ2v) is 8.26. The smallest absolute Gasteiger partial charge is 0.413 e. The van der Waals surface area contributed by atoms with Gasteiger partial charge in [0.05, 0.1) is 6.61 Å². The Morgan fingerprint density at radius 3 is 2.94 bits per heavy atom. The molecule has 1 aromatic carbocycles. The summed E-state index contributed by atoms with van der Waals surface area (Å²) >= 11 is 0. The number of aromatic nitrogens is 4. The average Bonchev–Trinajstić information content (AvgIpc) is 3.35. The molecule has 0 bridgehead atoms. The number of anilines is 1. The summed E-state index contributed by atoms with van der Waals surface area (Å²) in [5, 5.41) is 7.52. The van der Waals surface area contributed by atoms with E-state index < -0.39 is 6.09 Å². The number of rotatable bonds is 7. The first kappa shape index (κ1) is 21.7. The summed E-state index contributed by atoms with van der Waals surface area (Å²) in [7, 11) is 1.51. The van der Waals surface area contributed by atoms with Crippen molar-refractivity contribution >= 4 is 22.6 Å². The fourth-order valence-corrected chi connectivity index (χ4v) is 4.05. The van der Waals surface area contributed by atoms with Crippen molar-refractivity contribution in [2.24, 2.45) is 5.92 Å². The zero-order valence-corrected chi connectivity index (χ0v) is 18.9. The van der Waals surface area contributed by atoms with Crippen LogP contribution in [0.25, 0.3) is 10.8 Å². The second kappa shape index (κ2) is 9.78. The predicted molar refractivity (Wildman–Crippen MR) is 128 cm³/mol. The van der Waals surface area contributed by atoms with Gasteiger partial charge in [0, 0.05) is 74.4 Å². The van der Waals surface area contributed by atoms with Crippen LogP contribution in [0.4, 0.5) is 10.5 Å². The molecule has 34 heavy (non-hydrogen) atoms. The maximum atomic E-state index is 11.5. The quantitative estimate of drug-likeness (QED) is 0.434. The Bertz CT molecular complexity index is 1290. The number of pyridine rings is 2. The lowest BCUT2D eigenvalue weighted by Crippen LogP contribution is -2.24. The van der Waals surface area contributed by atoms with Gasteiger partial charge in [-0.15, -0.1) is 0 Å². The molecular formula is C25H26N6O3. The number of amides is 1. The third kappa shape index (κ3) is 4.93. The van der Waals surface area contributed by atoms with Crippen molar-refractivity contribution in [2.45, 2.75) is 25.9 Å². The van der Waals surface area contributed by atoms with Crippen molar-refractivity contribution in [2.75, 3.05) is 19.0 Å². The van der Waals surface area contributed by atoms with Crippen molar-refractivity contribution in [1.82, 2.24) is 24.8 Å². The van der Waals surface area contributed by atoms with Gasteiger partial charge in [0.25, 0.3) is 0 Å². The van der Waals surface area contributed by atoms with E-state index in [2.05, 4.69) is 30.2 Å². The number of benzene rings is 1. The number of carbonyl (C=O) groups excluding carboxylic acids is 1. The van der Waals surface area contributed by atoms with Gasteiger partial charge >= 0.3 is 6.09 Å². The minimum atomic E-state index is -0.548. The molecule has 4 heterocycles. The summed E-state index contributed by atoms with van der Waals surface area (Å²) in [5.74, 6) is 2.51. The number of aryl methyl sites for hydroxylation is 1. The van der Waals surface area contributed by atoms with Gasteiger partial charge in [-0.25, -0.2) is 19.7 Å². The topological polar surface area (TPSA) is 103 Å². The number of carbonyl (C=O) groups is 1. The van der Waals surface area contributed by atoms with E-state index in [0.29, 0.717) is 24.9 Å². The molecule has 9 nitrogen and oxygen atoms in total. The van der Waals surface area contributed by atoms with Gasteiger partial charge in [0.2, 0.25) is 11.8 Å². The normalized spacial score (nSPS) is 14.9. The molecule has 2 N–H and O–H groups in total. The van der Waals surface area contributed by atoms with E-state index in [9.17, 15) is 4.79 Å². The molecule has 9 heteroatoms. The van der Waals surface area contributed by atoms with E-state index in [1.165, 1.54) is 7.05 Å². The Balaban J connectivity index is 1.15. The number of hydrogen-bond donors (Lipinski definition) is 2. The maximum Gasteiger partial charge on any atom is 0.413 e. The monoisotopic (exact) mass is 458 g/mol. The third-order valence-electron chi connectivity index (χ3n) is 5.93. The van der Waals surface area contributed by atoms with Gasteiger partial charge in [-0.05, 0) is 41.6 Å².